The number of esters is 4. The van der Waals surface area contributed by atoms with Gasteiger partial charge in [-0.25, -0.2) is 9.59 Å². The van der Waals surface area contributed by atoms with Crippen molar-refractivity contribution in [3.8, 4) is 0 Å². The fraction of sp³-hybridized carbons (Fsp3) is 0.800. The molecule has 0 aliphatic rings. The highest BCUT2D eigenvalue weighted by atomic mass is 16.5. The van der Waals surface area contributed by atoms with Crippen molar-refractivity contribution in [1.82, 2.24) is 0 Å². The Morgan fingerprint density at radius 1 is 0.600 bits per heavy atom. The van der Waals surface area contributed by atoms with Gasteiger partial charge in [0.1, 0.15) is 25.3 Å². The average molecular weight is 569 g/mol. The second-order valence-electron chi connectivity index (χ2n) is 11.6. The number of hydrogen-bond acceptors (Lipinski definition) is 10. The summed E-state index contributed by atoms with van der Waals surface area (Å²) in [4.78, 5) is 55.3. The molecule has 0 radical (unpaired) electrons. The number of aliphatic imine (C=N–C) groups is 2. The van der Waals surface area contributed by atoms with E-state index in [2.05, 4.69) is 19.5 Å². The Morgan fingerprint density at radius 2 is 0.900 bits per heavy atom. The Morgan fingerprint density at radius 3 is 1.20 bits per heavy atom. The van der Waals surface area contributed by atoms with Crippen LogP contribution < -0.4 is 0 Å². The van der Waals surface area contributed by atoms with E-state index in [0.29, 0.717) is 12.8 Å². The Hall–Kier alpha value is -2.78. The van der Waals surface area contributed by atoms with Crippen molar-refractivity contribution >= 4 is 36.3 Å². The Balaban J connectivity index is 3.85. The lowest BCUT2D eigenvalue weighted by atomic mass is 9.96. The summed E-state index contributed by atoms with van der Waals surface area (Å²) in [6.45, 7) is 11.3. The molecular weight excluding hydrogens is 516 g/mol. The first-order chi connectivity index (χ1) is 18.7. The summed E-state index contributed by atoms with van der Waals surface area (Å²) in [5.74, 6) is -1.25. The number of rotatable bonds is 21. The molecule has 2 unspecified atom stereocenters. The lowest BCUT2D eigenvalue weighted by Crippen LogP contribution is -2.25. The molecule has 0 N–H and O–H groups in total. The molecule has 0 aromatic heterocycles. The first-order valence-corrected chi connectivity index (χ1v) is 14.3. The average Bonchev–Trinajstić information content (AvgIpc) is 2.92. The number of nitrogens with zero attached hydrogens (tertiary/aromatic N) is 2. The monoisotopic (exact) mass is 568 g/mol. The molecule has 0 aromatic rings. The molecule has 2 atom stereocenters. The molecule has 230 valence electrons. The summed E-state index contributed by atoms with van der Waals surface area (Å²) >= 11 is 0. The smallest absolute Gasteiger partial charge is 0.330 e. The number of hydrogen-bond donors (Lipinski definition) is 0. The third-order valence-electron chi connectivity index (χ3n) is 6.10. The number of unbranched alkanes of at least 4 members (excludes halogenated alkanes) is 7. The molecule has 0 bridgehead atoms. The minimum atomic E-state index is -0.587. The van der Waals surface area contributed by atoms with Crippen molar-refractivity contribution in [3.63, 3.8) is 0 Å². The van der Waals surface area contributed by atoms with Crippen molar-refractivity contribution in [3.05, 3.63) is 0 Å². The van der Waals surface area contributed by atoms with Gasteiger partial charge >= 0.3 is 23.9 Å². The number of ether oxygens (including phenoxy) is 4. The van der Waals surface area contributed by atoms with Crippen molar-refractivity contribution in [2.24, 2.45) is 20.8 Å². The van der Waals surface area contributed by atoms with Crippen LogP contribution in [0.5, 0.6) is 0 Å². The van der Waals surface area contributed by atoms with Crippen molar-refractivity contribution in [2.45, 2.75) is 118 Å². The number of carbonyl (C=O) groups is 4. The van der Waals surface area contributed by atoms with E-state index in [1.165, 1.54) is 14.2 Å². The quantitative estimate of drug-likeness (QED) is 0.0790. The van der Waals surface area contributed by atoms with Crippen molar-refractivity contribution < 1.29 is 38.1 Å². The lowest BCUT2D eigenvalue weighted by molar-refractivity contribution is -0.146. The van der Waals surface area contributed by atoms with E-state index in [4.69, 9.17) is 9.47 Å². The molecule has 0 aliphatic carbocycles. The van der Waals surface area contributed by atoms with Gasteiger partial charge in [-0.15, -0.1) is 0 Å². The van der Waals surface area contributed by atoms with Crippen molar-refractivity contribution in [1.29, 1.82) is 0 Å². The van der Waals surface area contributed by atoms with Crippen LogP contribution in [0.25, 0.3) is 0 Å². The minimum absolute atomic E-state index is 0.207. The van der Waals surface area contributed by atoms with Gasteiger partial charge in [0, 0.05) is 36.1 Å². The zero-order valence-electron chi connectivity index (χ0n) is 26.0. The maximum Gasteiger partial charge on any atom is 0.330 e. The topological polar surface area (TPSA) is 130 Å². The zero-order chi connectivity index (χ0) is 30.6. The van der Waals surface area contributed by atoms with Crippen LogP contribution in [0.4, 0.5) is 0 Å². The van der Waals surface area contributed by atoms with Crippen LogP contribution in [0.2, 0.25) is 0 Å². The van der Waals surface area contributed by atoms with E-state index in [-0.39, 0.29) is 25.2 Å². The van der Waals surface area contributed by atoms with Gasteiger partial charge in [-0.05, 0) is 26.7 Å². The fourth-order valence-corrected chi connectivity index (χ4v) is 3.44. The molecule has 0 fully saturated rings. The van der Waals surface area contributed by atoms with E-state index in [0.717, 1.165) is 51.4 Å². The minimum Gasteiger partial charge on any atom is -0.467 e. The van der Waals surface area contributed by atoms with Gasteiger partial charge in [0.2, 0.25) is 0 Å². The summed E-state index contributed by atoms with van der Waals surface area (Å²) in [5.41, 5.74) is -0.933. The first kappa shape index (κ1) is 37.2. The summed E-state index contributed by atoms with van der Waals surface area (Å²) in [7, 11) is 2.65. The Kier molecular flexibility index (Phi) is 18.7. The van der Waals surface area contributed by atoms with Gasteiger partial charge in [-0.2, -0.15) is 0 Å². The zero-order valence-corrected chi connectivity index (χ0v) is 26.0. The van der Waals surface area contributed by atoms with Crippen LogP contribution in [0.3, 0.4) is 0 Å². The highest BCUT2D eigenvalue weighted by Gasteiger charge is 2.21. The van der Waals surface area contributed by atoms with Crippen LogP contribution in [-0.4, -0.2) is 75.8 Å². The standard InChI is InChI=1S/C30H52N2O8/c1-23(27(35)37-7)31-19-29(3,4)21-39-25(33)17-15-13-11-9-10-12-14-16-18-26(34)40-22-30(5,6)20-32-24(2)28(36)38-8/h19-20,23-24H,9-18,21-22H2,1-8H3. The Labute approximate surface area is 240 Å². The molecule has 40 heavy (non-hydrogen) atoms. The predicted molar refractivity (Wildman–Crippen MR) is 156 cm³/mol. The van der Waals surface area contributed by atoms with Crippen LogP contribution in [0.15, 0.2) is 9.98 Å². The van der Waals surface area contributed by atoms with E-state index < -0.39 is 34.9 Å². The highest BCUT2D eigenvalue weighted by Crippen LogP contribution is 2.16. The van der Waals surface area contributed by atoms with E-state index in [1.807, 2.05) is 27.7 Å². The van der Waals surface area contributed by atoms with Gasteiger partial charge in [-0.3, -0.25) is 19.6 Å². The van der Waals surface area contributed by atoms with E-state index in [1.54, 1.807) is 26.3 Å². The molecule has 0 rings (SSSR count). The molecule has 0 aromatic carbocycles. The predicted octanol–water partition coefficient (Wildman–Crippen LogP) is 5.29. The van der Waals surface area contributed by atoms with Gasteiger partial charge in [-0.1, -0.05) is 66.2 Å². The molecule has 10 nitrogen and oxygen atoms in total. The maximum absolute atomic E-state index is 12.0. The van der Waals surface area contributed by atoms with Gasteiger partial charge in [0.15, 0.2) is 0 Å². The summed E-state index contributed by atoms with van der Waals surface area (Å²) in [6, 6.07) is -1.17. The summed E-state index contributed by atoms with van der Waals surface area (Å²) in [5, 5.41) is 0. The number of carbonyl (C=O) groups excluding carboxylic acids is 4. The third kappa shape index (κ3) is 19.3. The third-order valence-corrected chi connectivity index (χ3v) is 6.10. The van der Waals surface area contributed by atoms with Gasteiger partial charge in [0.25, 0.3) is 0 Å². The normalized spacial score (nSPS) is 13.7. The van der Waals surface area contributed by atoms with Crippen LogP contribution >= 0.6 is 0 Å². The molecule has 0 amide bonds. The number of methoxy groups -OCH3 is 2. The molecule has 10 heteroatoms. The second-order valence-corrected chi connectivity index (χ2v) is 11.6. The van der Waals surface area contributed by atoms with Gasteiger partial charge in [0.05, 0.1) is 14.2 Å². The van der Waals surface area contributed by atoms with E-state index in [9.17, 15) is 19.2 Å². The van der Waals surface area contributed by atoms with Crippen LogP contribution in [0, 0.1) is 10.8 Å². The summed E-state index contributed by atoms with van der Waals surface area (Å²) in [6.07, 6.45) is 11.9. The lowest BCUT2D eigenvalue weighted by Gasteiger charge is -2.19. The fourth-order valence-electron chi connectivity index (χ4n) is 3.44. The first-order valence-electron chi connectivity index (χ1n) is 14.3. The van der Waals surface area contributed by atoms with Crippen molar-refractivity contribution in [2.75, 3.05) is 27.4 Å². The molecular formula is C30H52N2O8. The molecule has 0 aliphatic heterocycles. The Bertz CT molecular complexity index is 768. The maximum atomic E-state index is 12.0. The van der Waals surface area contributed by atoms with Crippen LogP contribution in [0.1, 0.15) is 106 Å². The van der Waals surface area contributed by atoms with E-state index >= 15 is 0 Å². The molecule has 0 saturated heterocycles. The SMILES string of the molecule is COC(=O)C(C)N=CC(C)(C)COC(=O)CCCCCCCCCCC(=O)OCC(C)(C)C=NC(C)C(=O)OC. The van der Waals surface area contributed by atoms with Crippen LogP contribution in [-0.2, 0) is 38.1 Å². The molecule has 0 saturated carbocycles. The summed E-state index contributed by atoms with van der Waals surface area (Å²) < 4.78 is 20.1. The largest absolute Gasteiger partial charge is 0.467 e. The second kappa shape index (κ2) is 20.2. The molecule has 0 heterocycles. The molecule has 0 spiro atoms. The van der Waals surface area contributed by atoms with Gasteiger partial charge < -0.3 is 18.9 Å². The highest BCUT2D eigenvalue weighted by molar-refractivity contribution is 5.79.